The number of methoxy groups -OCH3 is 1. The topological polar surface area (TPSA) is 55.8 Å². The van der Waals surface area contributed by atoms with E-state index in [1.54, 1.807) is 7.11 Å². The molecule has 0 atom stereocenters. The van der Waals surface area contributed by atoms with Crippen molar-refractivity contribution in [2.75, 3.05) is 7.11 Å². The molecular formula is C16H12I2O4. The lowest BCUT2D eigenvalue weighted by atomic mass is 10.2. The van der Waals surface area contributed by atoms with Crippen molar-refractivity contribution in [1.29, 1.82) is 0 Å². The van der Waals surface area contributed by atoms with Crippen molar-refractivity contribution < 1.29 is 19.4 Å². The lowest BCUT2D eigenvalue weighted by Crippen LogP contribution is -1.95. The van der Waals surface area contributed by atoms with Crippen LogP contribution in [0.5, 0.6) is 17.2 Å². The summed E-state index contributed by atoms with van der Waals surface area (Å²) >= 11 is 3.85. The second-order valence-electron chi connectivity index (χ2n) is 4.24. The summed E-state index contributed by atoms with van der Waals surface area (Å²) in [5.74, 6) is 1.23. The van der Waals surface area contributed by atoms with Crippen molar-refractivity contribution in [3.8, 4) is 17.2 Å². The Bertz CT molecular complexity index is 691. The number of benzene rings is 2. The van der Waals surface area contributed by atoms with Gasteiger partial charge in [0.1, 0.15) is 20.8 Å². The highest BCUT2D eigenvalue weighted by Gasteiger charge is 2.10. The van der Waals surface area contributed by atoms with Crippen molar-refractivity contribution in [1.82, 2.24) is 0 Å². The maximum absolute atomic E-state index is 11.0. The van der Waals surface area contributed by atoms with Crippen molar-refractivity contribution in [3.05, 3.63) is 57.7 Å². The van der Waals surface area contributed by atoms with E-state index in [0.717, 1.165) is 11.3 Å². The van der Waals surface area contributed by atoms with Crippen LogP contribution in [0.3, 0.4) is 0 Å². The minimum atomic E-state index is -0.927. The van der Waals surface area contributed by atoms with Gasteiger partial charge < -0.3 is 14.6 Å². The minimum absolute atomic E-state index is 0.294. The quantitative estimate of drug-likeness (QED) is 0.439. The number of ether oxygens (including phenoxy) is 2. The van der Waals surface area contributed by atoms with Gasteiger partial charge in [0, 0.05) is 3.58 Å². The van der Waals surface area contributed by atoms with E-state index in [-0.39, 0.29) is 0 Å². The molecule has 0 radical (unpaired) electrons. The normalized spacial score (nSPS) is 11.6. The zero-order chi connectivity index (χ0) is 16.1. The van der Waals surface area contributed by atoms with Crippen LogP contribution >= 0.6 is 45.2 Å². The molecule has 0 unspecified atom stereocenters. The maximum atomic E-state index is 11.0. The zero-order valence-corrected chi connectivity index (χ0v) is 15.9. The molecule has 0 aromatic heterocycles. The molecule has 0 fully saturated rings. The molecule has 0 aliphatic carbocycles. The van der Waals surface area contributed by atoms with Crippen LogP contribution < -0.4 is 9.47 Å². The first-order chi connectivity index (χ1) is 10.5. The van der Waals surface area contributed by atoms with Crippen LogP contribution in [0.4, 0.5) is 0 Å². The Balaban J connectivity index is 2.15. The van der Waals surface area contributed by atoms with E-state index in [2.05, 4.69) is 0 Å². The molecule has 4 nitrogen and oxygen atoms in total. The lowest BCUT2D eigenvalue weighted by Gasteiger charge is -2.08. The van der Waals surface area contributed by atoms with E-state index in [9.17, 15) is 4.79 Å². The number of hydrogen-bond acceptors (Lipinski definition) is 3. The highest BCUT2D eigenvalue weighted by atomic mass is 127. The second kappa shape index (κ2) is 7.82. The predicted octanol–water partition coefficient (Wildman–Crippen LogP) is 5.11. The molecule has 0 bridgehead atoms. The Hall–Kier alpha value is -1.29. The number of rotatable bonds is 5. The van der Waals surface area contributed by atoms with E-state index >= 15 is 0 Å². The summed E-state index contributed by atoms with van der Waals surface area (Å²) in [6, 6.07) is 14.6. The number of carboxylic acids is 1. The summed E-state index contributed by atoms with van der Waals surface area (Å²) in [5.41, 5.74) is 0.842. The monoisotopic (exact) mass is 522 g/mol. The number of aliphatic carboxylic acids is 1. The number of hydrogen-bond donors (Lipinski definition) is 1. The fourth-order valence-electron chi connectivity index (χ4n) is 1.67. The van der Waals surface area contributed by atoms with Crippen LogP contribution in [0.1, 0.15) is 5.56 Å². The highest BCUT2D eigenvalue weighted by molar-refractivity contribution is 14.1. The third-order valence-corrected chi connectivity index (χ3v) is 5.98. The molecule has 0 heterocycles. The Morgan fingerprint density at radius 2 is 1.36 bits per heavy atom. The first-order valence-electron chi connectivity index (χ1n) is 6.22. The van der Waals surface area contributed by atoms with Crippen molar-refractivity contribution in [3.63, 3.8) is 0 Å². The van der Waals surface area contributed by atoms with Crippen LogP contribution in [0.2, 0.25) is 0 Å². The fraction of sp³-hybridized carbons (Fsp3) is 0.0625. The summed E-state index contributed by atoms with van der Waals surface area (Å²) in [6.07, 6.45) is 0. The predicted molar refractivity (Wildman–Crippen MR) is 102 cm³/mol. The first kappa shape index (κ1) is 17.1. The van der Waals surface area contributed by atoms with E-state index in [4.69, 9.17) is 14.6 Å². The van der Waals surface area contributed by atoms with Crippen LogP contribution in [0.15, 0.2) is 52.1 Å². The SMILES string of the molecule is COc1ccc(Oc2ccc(C(I)=C(I)C(=O)O)cc2)cc1. The van der Waals surface area contributed by atoms with E-state index in [0.29, 0.717) is 18.7 Å². The number of carboxylic acid groups (broad SMARTS) is 1. The fourth-order valence-corrected chi connectivity index (χ4v) is 2.57. The van der Waals surface area contributed by atoms with E-state index in [1.807, 2.05) is 93.7 Å². The molecule has 2 aromatic rings. The van der Waals surface area contributed by atoms with Gasteiger partial charge in [-0.3, -0.25) is 0 Å². The molecule has 6 heteroatoms. The van der Waals surface area contributed by atoms with Gasteiger partial charge in [0.15, 0.2) is 0 Å². The largest absolute Gasteiger partial charge is 0.497 e. The summed E-state index contributed by atoms with van der Waals surface area (Å²) in [4.78, 5) is 11.0. The summed E-state index contributed by atoms with van der Waals surface area (Å²) in [7, 11) is 1.61. The number of halogens is 2. The summed E-state index contributed by atoms with van der Waals surface area (Å²) in [6.45, 7) is 0. The molecule has 1 N–H and O–H groups in total. The van der Waals surface area contributed by atoms with Gasteiger partial charge in [-0.15, -0.1) is 0 Å². The van der Waals surface area contributed by atoms with Crippen LogP contribution in [0, 0.1) is 0 Å². The number of carbonyl (C=O) groups is 1. The van der Waals surface area contributed by atoms with Crippen molar-refractivity contribution in [2.45, 2.75) is 0 Å². The molecule has 0 aliphatic heterocycles. The first-order valence-corrected chi connectivity index (χ1v) is 8.38. The maximum Gasteiger partial charge on any atom is 0.343 e. The Kier molecular flexibility index (Phi) is 6.07. The van der Waals surface area contributed by atoms with Crippen molar-refractivity contribution >= 4 is 54.7 Å². The van der Waals surface area contributed by atoms with Gasteiger partial charge in [0.05, 0.1) is 7.11 Å². The lowest BCUT2D eigenvalue weighted by molar-refractivity contribution is -0.131. The Morgan fingerprint density at radius 3 is 1.82 bits per heavy atom. The Morgan fingerprint density at radius 1 is 0.909 bits per heavy atom. The molecule has 0 aliphatic rings. The van der Waals surface area contributed by atoms with Crippen LogP contribution in [-0.4, -0.2) is 18.2 Å². The molecule has 0 amide bonds. The molecule has 2 aromatic carbocycles. The van der Waals surface area contributed by atoms with Gasteiger partial charge in [0.25, 0.3) is 0 Å². The molecule has 0 saturated heterocycles. The third kappa shape index (κ3) is 4.35. The van der Waals surface area contributed by atoms with E-state index < -0.39 is 5.97 Å². The highest BCUT2D eigenvalue weighted by Crippen LogP contribution is 2.31. The smallest absolute Gasteiger partial charge is 0.343 e. The van der Waals surface area contributed by atoms with Gasteiger partial charge in [0.2, 0.25) is 0 Å². The molecule has 22 heavy (non-hydrogen) atoms. The molecule has 2 rings (SSSR count). The molecule has 0 saturated carbocycles. The average molecular weight is 522 g/mol. The minimum Gasteiger partial charge on any atom is -0.497 e. The van der Waals surface area contributed by atoms with E-state index in [1.165, 1.54) is 0 Å². The standard InChI is InChI=1S/C16H12I2O4/c1-21-11-6-8-13(9-7-11)22-12-4-2-10(3-5-12)14(17)15(18)16(19)20/h2-9H,1H3,(H,19,20). The van der Waals surface area contributed by atoms with Crippen molar-refractivity contribution in [2.24, 2.45) is 0 Å². The molecular weight excluding hydrogens is 510 g/mol. The van der Waals surface area contributed by atoms with Gasteiger partial charge in [-0.25, -0.2) is 4.79 Å². The average Bonchev–Trinajstić information content (AvgIpc) is 2.55. The summed E-state index contributed by atoms with van der Waals surface area (Å²) in [5, 5.41) is 9.00. The van der Waals surface area contributed by atoms with Crippen LogP contribution in [-0.2, 0) is 4.79 Å². The Labute approximate surface area is 155 Å². The third-order valence-electron chi connectivity index (χ3n) is 2.78. The van der Waals surface area contributed by atoms with Gasteiger partial charge in [-0.2, -0.15) is 0 Å². The van der Waals surface area contributed by atoms with Gasteiger partial charge >= 0.3 is 5.97 Å². The van der Waals surface area contributed by atoms with Crippen LogP contribution in [0.25, 0.3) is 3.58 Å². The molecule has 0 spiro atoms. The second-order valence-corrected chi connectivity index (χ2v) is 6.39. The van der Waals surface area contributed by atoms with Gasteiger partial charge in [-0.1, -0.05) is 12.1 Å². The zero-order valence-electron chi connectivity index (χ0n) is 11.5. The van der Waals surface area contributed by atoms with Gasteiger partial charge in [-0.05, 0) is 87.1 Å². The molecule has 114 valence electrons. The summed E-state index contributed by atoms with van der Waals surface area (Å²) < 4.78 is 11.8.